The molecule has 1 saturated heterocycles. The second-order valence-electron chi connectivity index (χ2n) is 4.76. The van der Waals surface area contributed by atoms with Crippen LogP contribution >= 0.6 is 0 Å². The van der Waals surface area contributed by atoms with E-state index in [0.717, 1.165) is 0 Å². The van der Waals surface area contributed by atoms with Crippen molar-refractivity contribution in [1.29, 1.82) is 0 Å². The van der Waals surface area contributed by atoms with Gasteiger partial charge in [-0.3, -0.25) is 4.79 Å². The number of carbonyl (C=O) groups is 1. The van der Waals surface area contributed by atoms with Gasteiger partial charge in [-0.25, -0.2) is 0 Å². The van der Waals surface area contributed by atoms with Gasteiger partial charge in [0, 0.05) is 26.1 Å². The molecule has 2 N–H and O–H groups in total. The fraction of sp³-hybridized carbons (Fsp3) is 0.909. The van der Waals surface area contributed by atoms with E-state index in [2.05, 4.69) is 10.6 Å². The van der Waals surface area contributed by atoms with Crippen molar-refractivity contribution in [2.45, 2.75) is 38.0 Å². The number of carbonyl (C=O) groups excluding carboxylic acids is 1. The van der Waals surface area contributed by atoms with E-state index < -0.39 is 12.6 Å². The molecule has 0 aliphatic carbocycles. The zero-order valence-electron chi connectivity index (χ0n) is 10.4. The first kappa shape index (κ1) is 15.2. The van der Waals surface area contributed by atoms with Crippen molar-refractivity contribution in [2.75, 3.05) is 26.2 Å². The third-order valence-corrected chi connectivity index (χ3v) is 2.76. The van der Waals surface area contributed by atoms with E-state index in [4.69, 9.17) is 4.74 Å². The predicted molar refractivity (Wildman–Crippen MR) is 60.1 cm³/mol. The Kier molecular flexibility index (Phi) is 5.40. The first-order valence-electron chi connectivity index (χ1n) is 5.99. The summed E-state index contributed by atoms with van der Waals surface area (Å²) >= 11 is 0. The Labute approximate surface area is 104 Å². The van der Waals surface area contributed by atoms with Crippen molar-refractivity contribution < 1.29 is 22.7 Å². The summed E-state index contributed by atoms with van der Waals surface area (Å²) in [6.45, 7) is 3.54. The van der Waals surface area contributed by atoms with E-state index in [1.165, 1.54) is 0 Å². The van der Waals surface area contributed by atoms with Gasteiger partial charge in [0.1, 0.15) is 6.61 Å². The molecule has 0 radical (unpaired) electrons. The number of amides is 1. The third-order valence-electron chi connectivity index (χ3n) is 2.76. The summed E-state index contributed by atoms with van der Waals surface area (Å²) in [5, 5.41) is 5.57. The Balaban J connectivity index is 1.97. The molecule has 7 heteroatoms. The monoisotopic (exact) mass is 268 g/mol. The SMILES string of the molecule is CC1(OCC(=O)NCCCCC(F)(F)F)CNC1. The number of nitrogens with one attached hydrogen (secondary N) is 2. The maximum Gasteiger partial charge on any atom is 0.389 e. The minimum absolute atomic E-state index is 0.0340. The molecule has 0 spiro atoms. The lowest BCUT2D eigenvalue weighted by molar-refractivity contribution is -0.136. The van der Waals surface area contributed by atoms with Crippen LogP contribution in [0.25, 0.3) is 0 Å². The molecule has 1 rings (SSSR count). The lowest BCUT2D eigenvalue weighted by Gasteiger charge is -2.38. The van der Waals surface area contributed by atoms with Gasteiger partial charge in [-0.2, -0.15) is 13.2 Å². The number of hydrogen-bond donors (Lipinski definition) is 2. The topological polar surface area (TPSA) is 50.4 Å². The Morgan fingerprint density at radius 2 is 2.06 bits per heavy atom. The van der Waals surface area contributed by atoms with Crippen LogP contribution in [0, 0.1) is 0 Å². The van der Waals surface area contributed by atoms with Crippen LogP contribution in [0.2, 0.25) is 0 Å². The summed E-state index contributed by atoms with van der Waals surface area (Å²) in [6, 6.07) is 0. The summed E-state index contributed by atoms with van der Waals surface area (Å²) in [6.07, 6.45) is -4.56. The highest BCUT2D eigenvalue weighted by atomic mass is 19.4. The van der Waals surface area contributed by atoms with E-state index in [9.17, 15) is 18.0 Å². The van der Waals surface area contributed by atoms with E-state index >= 15 is 0 Å². The molecule has 0 bridgehead atoms. The Bertz CT molecular complexity index is 278. The minimum Gasteiger partial charge on any atom is -0.363 e. The van der Waals surface area contributed by atoms with Crippen LogP contribution in [-0.4, -0.2) is 43.9 Å². The first-order valence-corrected chi connectivity index (χ1v) is 5.99. The molecule has 4 nitrogen and oxygen atoms in total. The van der Waals surface area contributed by atoms with Crippen LogP contribution in [0.1, 0.15) is 26.2 Å². The van der Waals surface area contributed by atoms with Crippen LogP contribution < -0.4 is 10.6 Å². The van der Waals surface area contributed by atoms with Gasteiger partial charge in [0.2, 0.25) is 5.91 Å². The van der Waals surface area contributed by atoms with Crippen molar-refractivity contribution in [1.82, 2.24) is 10.6 Å². The average molecular weight is 268 g/mol. The molecule has 0 unspecified atom stereocenters. The normalized spacial score (nSPS) is 18.2. The van der Waals surface area contributed by atoms with E-state index in [-0.39, 0.29) is 31.1 Å². The molecular weight excluding hydrogens is 249 g/mol. The number of unbranched alkanes of at least 4 members (excludes halogenated alkanes) is 1. The average Bonchev–Trinajstić information content (AvgIpc) is 2.21. The van der Waals surface area contributed by atoms with Gasteiger partial charge in [0.05, 0.1) is 5.60 Å². The maximum atomic E-state index is 11.8. The zero-order valence-corrected chi connectivity index (χ0v) is 10.4. The lowest BCUT2D eigenvalue weighted by atomic mass is 10.0. The highest BCUT2D eigenvalue weighted by molar-refractivity contribution is 5.77. The van der Waals surface area contributed by atoms with Gasteiger partial charge in [-0.05, 0) is 19.8 Å². The van der Waals surface area contributed by atoms with E-state index in [1.54, 1.807) is 0 Å². The van der Waals surface area contributed by atoms with Crippen molar-refractivity contribution in [3.63, 3.8) is 0 Å². The number of rotatable bonds is 7. The summed E-state index contributed by atoms with van der Waals surface area (Å²) < 4.78 is 40.9. The fourth-order valence-corrected chi connectivity index (χ4v) is 1.55. The third kappa shape index (κ3) is 6.20. The molecule has 1 aliphatic rings. The molecule has 0 saturated carbocycles. The molecule has 1 amide bonds. The molecule has 1 aliphatic heterocycles. The van der Waals surface area contributed by atoms with Gasteiger partial charge in [-0.15, -0.1) is 0 Å². The highest BCUT2D eigenvalue weighted by Crippen LogP contribution is 2.21. The predicted octanol–water partition coefficient (Wildman–Crippen LogP) is 1.21. The molecular formula is C11H19F3N2O2. The fourth-order valence-electron chi connectivity index (χ4n) is 1.55. The molecule has 0 aromatic heterocycles. The molecule has 1 heterocycles. The van der Waals surface area contributed by atoms with Crippen LogP contribution in [0.5, 0.6) is 0 Å². The second-order valence-corrected chi connectivity index (χ2v) is 4.76. The largest absolute Gasteiger partial charge is 0.389 e. The summed E-state index contributed by atoms with van der Waals surface area (Å²) in [5.74, 6) is -0.282. The number of ether oxygens (including phenoxy) is 1. The van der Waals surface area contributed by atoms with Gasteiger partial charge in [0.15, 0.2) is 0 Å². The molecule has 106 valence electrons. The Morgan fingerprint density at radius 3 is 2.56 bits per heavy atom. The molecule has 0 aromatic rings. The van der Waals surface area contributed by atoms with E-state index in [0.29, 0.717) is 19.5 Å². The molecule has 0 atom stereocenters. The van der Waals surface area contributed by atoms with Gasteiger partial charge >= 0.3 is 6.18 Å². The quantitative estimate of drug-likeness (QED) is 0.682. The van der Waals surface area contributed by atoms with E-state index in [1.807, 2.05) is 6.92 Å². The number of halogens is 3. The molecule has 0 aromatic carbocycles. The van der Waals surface area contributed by atoms with Crippen molar-refractivity contribution in [3.8, 4) is 0 Å². The summed E-state index contributed by atoms with van der Waals surface area (Å²) in [7, 11) is 0. The van der Waals surface area contributed by atoms with Crippen molar-refractivity contribution >= 4 is 5.91 Å². The highest BCUT2D eigenvalue weighted by Gasteiger charge is 2.32. The maximum absolute atomic E-state index is 11.8. The Hall–Kier alpha value is -0.820. The molecule has 18 heavy (non-hydrogen) atoms. The summed E-state index contributed by atoms with van der Waals surface area (Å²) in [4.78, 5) is 11.3. The van der Waals surface area contributed by atoms with Crippen LogP contribution in [0.3, 0.4) is 0 Å². The standard InChI is InChI=1S/C11H19F3N2O2/c1-10(7-15-8-10)18-6-9(17)16-5-3-2-4-11(12,13)14/h15H,2-8H2,1H3,(H,16,17). The van der Waals surface area contributed by atoms with Crippen LogP contribution in [0.15, 0.2) is 0 Å². The van der Waals surface area contributed by atoms with Gasteiger partial charge in [-0.1, -0.05) is 0 Å². The van der Waals surface area contributed by atoms with Gasteiger partial charge in [0.25, 0.3) is 0 Å². The molecule has 1 fully saturated rings. The minimum atomic E-state index is -4.11. The van der Waals surface area contributed by atoms with Gasteiger partial charge < -0.3 is 15.4 Å². The number of hydrogen-bond acceptors (Lipinski definition) is 3. The number of alkyl halides is 3. The second kappa shape index (κ2) is 6.38. The van der Waals surface area contributed by atoms with Crippen LogP contribution in [0.4, 0.5) is 13.2 Å². The first-order chi connectivity index (χ1) is 8.31. The smallest absolute Gasteiger partial charge is 0.363 e. The lowest BCUT2D eigenvalue weighted by Crippen LogP contribution is -2.59. The van der Waals surface area contributed by atoms with Crippen molar-refractivity contribution in [3.05, 3.63) is 0 Å². The zero-order chi connectivity index (χ0) is 13.6. The Morgan fingerprint density at radius 1 is 1.39 bits per heavy atom. The summed E-state index contributed by atoms with van der Waals surface area (Å²) in [5.41, 5.74) is -0.284. The van der Waals surface area contributed by atoms with Crippen LogP contribution in [-0.2, 0) is 9.53 Å². The van der Waals surface area contributed by atoms with Crippen molar-refractivity contribution in [2.24, 2.45) is 0 Å².